The summed E-state index contributed by atoms with van der Waals surface area (Å²) in [7, 11) is 0. The number of hydrogen-bond donors (Lipinski definition) is 2. The van der Waals surface area contributed by atoms with Crippen molar-refractivity contribution in [3.05, 3.63) is 53.5 Å². The van der Waals surface area contributed by atoms with Gasteiger partial charge in [0, 0.05) is 6.08 Å². The number of nitrogens with two attached hydrogens (primary N) is 1. The number of amides is 1. The van der Waals surface area contributed by atoms with E-state index in [1.54, 1.807) is 6.08 Å². The summed E-state index contributed by atoms with van der Waals surface area (Å²) in [6.07, 6.45) is 33.3. The first-order chi connectivity index (χ1) is 20.1. The maximum atomic E-state index is 12.0. The van der Waals surface area contributed by atoms with Crippen molar-refractivity contribution < 1.29 is 14.3 Å². The predicted octanol–water partition coefficient (Wildman–Crippen LogP) is 9.49. The molecule has 2 rings (SSSR count). The van der Waals surface area contributed by atoms with Crippen molar-refractivity contribution in [2.24, 2.45) is 5.73 Å². The van der Waals surface area contributed by atoms with E-state index in [1.807, 2.05) is 12.1 Å². The highest BCUT2D eigenvalue weighted by atomic mass is 16.5. The summed E-state index contributed by atoms with van der Waals surface area (Å²) in [5, 5.41) is 0. The predicted molar refractivity (Wildman–Crippen MR) is 170 cm³/mol. The fourth-order valence-corrected chi connectivity index (χ4v) is 5.21. The zero-order chi connectivity index (χ0) is 29.4. The number of unbranched alkanes of at least 4 members (excludes halogenated alkanes) is 19. The molecule has 0 aliphatic heterocycles. The normalized spacial score (nSPS) is 11.3. The minimum Gasteiger partial charge on any atom is -0.402 e. The summed E-state index contributed by atoms with van der Waals surface area (Å²) >= 11 is 0. The lowest BCUT2D eigenvalue weighted by Crippen LogP contribution is -2.14. The molecule has 0 radical (unpaired) electrons. The molecule has 0 aliphatic rings. The molecular formula is C35H55N3O3. The van der Waals surface area contributed by atoms with Crippen molar-refractivity contribution in [2.75, 3.05) is 0 Å². The number of ether oxygens (including phenoxy) is 1. The molecule has 3 N–H and O–H groups in total. The molecule has 0 spiro atoms. The Kier molecular flexibility index (Phi) is 19.0. The van der Waals surface area contributed by atoms with E-state index in [2.05, 4.69) is 29.0 Å². The van der Waals surface area contributed by atoms with Crippen LogP contribution in [0.25, 0.3) is 6.08 Å². The highest BCUT2D eigenvalue weighted by Gasteiger charge is 2.14. The molecule has 0 bridgehead atoms. The Morgan fingerprint density at radius 1 is 0.732 bits per heavy atom. The lowest BCUT2D eigenvalue weighted by atomic mass is 10.0. The first-order valence-corrected chi connectivity index (χ1v) is 16.4. The van der Waals surface area contributed by atoms with Gasteiger partial charge in [-0.3, -0.25) is 4.79 Å². The summed E-state index contributed by atoms with van der Waals surface area (Å²) in [6.45, 7) is 2.29. The van der Waals surface area contributed by atoms with Gasteiger partial charge in [-0.05, 0) is 30.0 Å². The second-order valence-corrected chi connectivity index (χ2v) is 11.4. The zero-order valence-corrected chi connectivity index (χ0v) is 25.6. The number of aromatic nitrogens is 2. The highest BCUT2D eigenvalue weighted by Crippen LogP contribution is 2.16. The molecule has 0 unspecified atom stereocenters. The topological polar surface area (TPSA) is 98.1 Å². The number of aryl methyl sites for hydroxylation is 1. The first-order valence-electron chi connectivity index (χ1n) is 16.4. The maximum absolute atomic E-state index is 12.0. The maximum Gasteiger partial charge on any atom is 0.337 e. The number of primary amides is 1. The summed E-state index contributed by atoms with van der Waals surface area (Å²) in [5.41, 5.74) is 7.41. The molecule has 1 aromatic heterocycles. The highest BCUT2D eigenvalue weighted by molar-refractivity contribution is 5.95. The summed E-state index contributed by atoms with van der Waals surface area (Å²) in [5.74, 6) is -1.46. The molecule has 0 saturated carbocycles. The number of hydrogen-bond acceptors (Lipinski definition) is 4. The minimum absolute atomic E-state index is 0.0267. The Bertz CT molecular complexity index is 981. The van der Waals surface area contributed by atoms with E-state index >= 15 is 0 Å². The molecular weight excluding hydrogens is 510 g/mol. The SMILES string of the molecule is CCCCCCCCCCCCCCCCCCCCCCc1ccc(/C=C/C(=O)Oc2nc[nH]c2C(N)=O)cc1. The Labute approximate surface area is 248 Å². The van der Waals surface area contributed by atoms with Gasteiger partial charge in [0.15, 0.2) is 5.69 Å². The molecule has 6 heteroatoms. The number of carbonyl (C=O) groups excluding carboxylic acids is 2. The monoisotopic (exact) mass is 565 g/mol. The lowest BCUT2D eigenvalue weighted by Gasteiger charge is -2.05. The Morgan fingerprint density at radius 2 is 1.20 bits per heavy atom. The van der Waals surface area contributed by atoms with Crippen LogP contribution in [0.3, 0.4) is 0 Å². The molecule has 0 fully saturated rings. The van der Waals surface area contributed by atoms with Gasteiger partial charge in [0.05, 0.1) is 6.33 Å². The van der Waals surface area contributed by atoms with Crippen LogP contribution in [0.2, 0.25) is 0 Å². The number of esters is 1. The van der Waals surface area contributed by atoms with Crippen molar-refractivity contribution in [1.82, 2.24) is 9.97 Å². The van der Waals surface area contributed by atoms with Crippen molar-refractivity contribution in [1.29, 1.82) is 0 Å². The van der Waals surface area contributed by atoms with Gasteiger partial charge >= 0.3 is 5.97 Å². The summed E-state index contributed by atoms with van der Waals surface area (Å²) < 4.78 is 5.07. The molecule has 1 aromatic carbocycles. The molecule has 228 valence electrons. The fourth-order valence-electron chi connectivity index (χ4n) is 5.21. The fraction of sp³-hybridized carbons (Fsp3) is 0.629. The molecule has 0 saturated heterocycles. The molecule has 0 atom stereocenters. The molecule has 0 aliphatic carbocycles. The number of nitrogens with zero attached hydrogens (tertiary/aromatic N) is 1. The molecule has 1 heterocycles. The number of imidazole rings is 1. The van der Waals surface area contributed by atoms with E-state index in [9.17, 15) is 9.59 Å². The van der Waals surface area contributed by atoms with Gasteiger partial charge in [0.1, 0.15) is 0 Å². The van der Waals surface area contributed by atoms with E-state index in [1.165, 1.54) is 146 Å². The van der Waals surface area contributed by atoms with E-state index in [4.69, 9.17) is 10.5 Å². The zero-order valence-electron chi connectivity index (χ0n) is 25.6. The van der Waals surface area contributed by atoms with Gasteiger partial charge in [-0.2, -0.15) is 0 Å². The third kappa shape index (κ3) is 16.8. The smallest absolute Gasteiger partial charge is 0.337 e. The van der Waals surface area contributed by atoms with Crippen molar-refractivity contribution in [3.63, 3.8) is 0 Å². The quantitative estimate of drug-likeness (QED) is 0.0711. The van der Waals surface area contributed by atoms with Gasteiger partial charge in [0.2, 0.25) is 0 Å². The second kappa shape index (κ2) is 22.8. The Morgan fingerprint density at radius 3 is 1.66 bits per heavy atom. The number of nitrogens with one attached hydrogen (secondary N) is 1. The third-order valence-electron chi connectivity index (χ3n) is 7.76. The van der Waals surface area contributed by atoms with Crippen LogP contribution in [0.5, 0.6) is 5.88 Å². The molecule has 1 amide bonds. The molecule has 6 nitrogen and oxygen atoms in total. The van der Waals surface area contributed by atoms with Gasteiger partial charge in [-0.25, -0.2) is 9.78 Å². The van der Waals surface area contributed by atoms with Crippen molar-refractivity contribution >= 4 is 18.0 Å². The van der Waals surface area contributed by atoms with E-state index < -0.39 is 11.9 Å². The summed E-state index contributed by atoms with van der Waals surface area (Å²) in [4.78, 5) is 29.6. The number of aromatic amines is 1. The van der Waals surface area contributed by atoms with E-state index in [0.717, 1.165) is 12.0 Å². The van der Waals surface area contributed by atoms with Crippen LogP contribution < -0.4 is 10.5 Å². The van der Waals surface area contributed by atoms with Crippen LogP contribution in [-0.4, -0.2) is 21.8 Å². The van der Waals surface area contributed by atoms with Crippen LogP contribution in [0.1, 0.15) is 157 Å². The lowest BCUT2D eigenvalue weighted by molar-refractivity contribution is -0.129. The van der Waals surface area contributed by atoms with Crippen LogP contribution >= 0.6 is 0 Å². The van der Waals surface area contributed by atoms with Crippen LogP contribution in [0.4, 0.5) is 0 Å². The van der Waals surface area contributed by atoms with E-state index in [-0.39, 0.29) is 11.6 Å². The average Bonchev–Trinajstić information content (AvgIpc) is 3.44. The van der Waals surface area contributed by atoms with Crippen molar-refractivity contribution in [2.45, 2.75) is 142 Å². The molecule has 2 aromatic rings. The summed E-state index contributed by atoms with van der Waals surface area (Å²) in [6, 6.07) is 8.22. The Balaban J connectivity index is 1.39. The number of rotatable bonds is 25. The molecule has 41 heavy (non-hydrogen) atoms. The standard InChI is InChI=1S/C35H55N3O3/c1-2-3-4-5-6-7-8-9-10-11-12-13-14-15-16-17-18-19-20-21-22-30-23-25-31(26-24-30)27-28-32(39)41-35-33(34(36)40)37-29-38-35/h23-29H,2-22H2,1H3,(H2,36,40)(H,37,38)/b28-27+. The van der Waals surface area contributed by atoms with Gasteiger partial charge < -0.3 is 15.5 Å². The van der Waals surface area contributed by atoms with Crippen LogP contribution in [0.15, 0.2) is 36.7 Å². The van der Waals surface area contributed by atoms with Gasteiger partial charge in [0.25, 0.3) is 11.8 Å². The van der Waals surface area contributed by atoms with E-state index in [0.29, 0.717) is 0 Å². The number of carbonyl (C=O) groups is 2. The van der Waals surface area contributed by atoms with Gasteiger partial charge in [-0.15, -0.1) is 0 Å². The first kappa shape index (κ1) is 34.3. The van der Waals surface area contributed by atoms with Crippen LogP contribution in [-0.2, 0) is 11.2 Å². The largest absolute Gasteiger partial charge is 0.402 e. The van der Waals surface area contributed by atoms with Crippen LogP contribution in [0, 0.1) is 0 Å². The number of H-pyrrole nitrogens is 1. The van der Waals surface area contributed by atoms with Crippen molar-refractivity contribution in [3.8, 4) is 5.88 Å². The second-order valence-electron chi connectivity index (χ2n) is 11.4. The number of benzene rings is 1. The Hall–Kier alpha value is -2.89. The minimum atomic E-state index is -0.731. The van der Waals surface area contributed by atoms with Gasteiger partial charge in [-0.1, -0.05) is 153 Å². The third-order valence-corrected chi connectivity index (χ3v) is 7.76. The average molecular weight is 566 g/mol.